The molecule has 0 atom stereocenters. The van der Waals surface area contributed by atoms with Gasteiger partial charge in [0.15, 0.2) is 5.69 Å². The zero-order chi connectivity index (χ0) is 14.2. The summed E-state index contributed by atoms with van der Waals surface area (Å²) in [6.45, 7) is 0. The lowest BCUT2D eigenvalue weighted by molar-refractivity contribution is 0.0596. The SMILES string of the molecule is COC(=O)c1ncn(-c2cc(Cl)c(Cl)cc2Cl)c1N. The number of imidazole rings is 1. The second kappa shape index (κ2) is 5.28. The number of aromatic nitrogens is 2. The quantitative estimate of drug-likeness (QED) is 0.681. The number of hydrogen-bond donors (Lipinski definition) is 1. The Morgan fingerprint density at radius 2 is 1.89 bits per heavy atom. The van der Waals surface area contributed by atoms with Crippen LogP contribution >= 0.6 is 34.8 Å². The maximum absolute atomic E-state index is 11.4. The van der Waals surface area contributed by atoms with Crippen molar-refractivity contribution < 1.29 is 9.53 Å². The van der Waals surface area contributed by atoms with Crippen molar-refractivity contribution in [1.29, 1.82) is 0 Å². The van der Waals surface area contributed by atoms with Gasteiger partial charge in [0, 0.05) is 0 Å². The van der Waals surface area contributed by atoms with Crippen LogP contribution in [0.1, 0.15) is 10.5 Å². The van der Waals surface area contributed by atoms with Gasteiger partial charge in [-0.25, -0.2) is 9.78 Å². The monoisotopic (exact) mass is 319 g/mol. The van der Waals surface area contributed by atoms with E-state index in [0.29, 0.717) is 20.8 Å². The van der Waals surface area contributed by atoms with Crippen LogP contribution in [-0.4, -0.2) is 22.6 Å². The average molecular weight is 321 g/mol. The van der Waals surface area contributed by atoms with E-state index in [1.54, 1.807) is 0 Å². The molecule has 1 heterocycles. The zero-order valence-electron chi connectivity index (χ0n) is 9.65. The average Bonchev–Trinajstić information content (AvgIpc) is 2.75. The van der Waals surface area contributed by atoms with E-state index in [1.165, 1.54) is 30.1 Å². The molecule has 0 saturated heterocycles. The van der Waals surface area contributed by atoms with Gasteiger partial charge < -0.3 is 10.5 Å². The maximum Gasteiger partial charge on any atom is 0.360 e. The molecule has 8 heteroatoms. The smallest absolute Gasteiger partial charge is 0.360 e. The molecule has 2 rings (SSSR count). The lowest BCUT2D eigenvalue weighted by Gasteiger charge is -2.09. The van der Waals surface area contributed by atoms with Crippen molar-refractivity contribution in [3.63, 3.8) is 0 Å². The molecule has 1 aromatic carbocycles. The van der Waals surface area contributed by atoms with Crippen molar-refractivity contribution in [2.75, 3.05) is 12.8 Å². The van der Waals surface area contributed by atoms with E-state index >= 15 is 0 Å². The van der Waals surface area contributed by atoms with E-state index in [9.17, 15) is 4.79 Å². The number of nitrogen functional groups attached to an aromatic ring is 1. The Morgan fingerprint density at radius 3 is 2.53 bits per heavy atom. The van der Waals surface area contributed by atoms with Crippen molar-refractivity contribution >= 4 is 46.6 Å². The number of esters is 1. The Labute approximate surface area is 123 Å². The van der Waals surface area contributed by atoms with Gasteiger partial charge in [-0.05, 0) is 12.1 Å². The summed E-state index contributed by atoms with van der Waals surface area (Å²) in [6.07, 6.45) is 1.35. The lowest BCUT2D eigenvalue weighted by atomic mass is 10.3. The second-order valence-corrected chi connectivity index (χ2v) is 4.78. The fourth-order valence-electron chi connectivity index (χ4n) is 1.50. The van der Waals surface area contributed by atoms with E-state index < -0.39 is 5.97 Å². The molecule has 1 aromatic heterocycles. The normalized spacial score (nSPS) is 10.5. The third-order valence-corrected chi connectivity index (χ3v) is 3.46. The predicted molar refractivity (Wildman–Crippen MR) is 74.3 cm³/mol. The van der Waals surface area contributed by atoms with Gasteiger partial charge in [0.25, 0.3) is 0 Å². The van der Waals surface area contributed by atoms with Crippen LogP contribution in [0.4, 0.5) is 5.82 Å². The molecule has 100 valence electrons. The van der Waals surface area contributed by atoms with Gasteiger partial charge >= 0.3 is 5.97 Å². The summed E-state index contributed by atoms with van der Waals surface area (Å²) in [7, 11) is 1.24. The fraction of sp³-hybridized carbons (Fsp3) is 0.0909. The van der Waals surface area contributed by atoms with Crippen LogP contribution in [0.5, 0.6) is 0 Å². The number of halogens is 3. The number of nitrogens with two attached hydrogens (primary N) is 1. The summed E-state index contributed by atoms with van der Waals surface area (Å²) >= 11 is 17.8. The molecule has 0 saturated carbocycles. The lowest BCUT2D eigenvalue weighted by Crippen LogP contribution is -2.07. The summed E-state index contributed by atoms with van der Waals surface area (Å²) in [6, 6.07) is 3.02. The standard InChI is InChI=1S/C11H8Cl3N3O2/c1-19-11(18)9-10(15)17(4-16-9)8-3-6(13)5(12)2-7(8)14/h2-4H,15H2,1H3. The van der Waals surface area contributed by atoms with Gasteiger partial charge in [-0.2, -0.15) is 0 Å². The number of carbonyl (C=O) groups is 1. The van der Waals surface area contributed by atoms with Crippen molar-refractivity contribution in [2.45, 2.75) is 0 Å². The molecular formula is C11H8Cl3N3O2. The summed E-state index contributed by atoms with van der Waals surface area (Å²) in [5, 5.41) is 0.964. The first kappa shape index (κ1) is 14.0. The minimum atomic E-state index is -0.632. The highest BCUT2D eigenvalue weighted by Crippen LogP contribution is 2.32. The van der Waals surface area contributed by atoms with E-state index in [2.05, 4.69) is 9.72 Å². The van der Waals surface area contributed by atoms with E-state index in [1.807, 2.05) is 0 Å². The van der Waals surface area contributed by atoms with Crippen molar-refractivity contribution in [3.05, 3.63) is 39.2 Å². The van der Waals surface area contributed by atoms with Gasteiger partial charge in [-0.3, -0.25) is 4.57 Å². The van der Waals surface area contributed by atoms with Crippen LogP contribution in [0.2, 0.25) is 15.1 Å². The Bertz CT molecular complexity index is 655. The Morgan fingerprint density at radius 1 is 1.26 bits per heavy atom. The molecule has 0 aliphatic heterocycles. The summed E-state index contributed by atoms with van der Waals surface area (Å²) in [4.78, 5) is 15.3. The van der Waals surface area contributed by atoms with Crippen molar-refractivity contribution in [3.8, 4) is 5.69 Å². The molecule has 0 aliphatic carbocycles. The van der Waals surface area contributed by atoms with Gasteiger partial charge in [0.1, 0.15) is 12.1 Å². The number of ether oxygens (including phenoxy) is 1. The third-order valence-electron chi connectivity index (χ3n) is 2.43. The maximum atomic E-state index is 11.4. The molecule has 0 aliphatic rings. The second-order valence-electron chi connectivity index (χ2n) is 3.56. The van der Waals surface area contributed by atoms with E-state index in [0.717, 1.165) is 0 Å². The Kier molecular flexibility index (Phi) is 3.89. The first-order valence-corrected chi connectivity index (χ1v) is 6.15. The molecule has 5 nitrogen and oxygen atoms in total. The highest BCUT2D eigenvalue weighted by molar-refractivity contribution is 6.43. The molecule has 2 aromatic rings. The van der Waals surface area contributed by atoms with Crippen LogP contribution in [0.3, 0.4) is 0 Å². The van der Waals surface area contributed by atoms with Crippen LogP contribution in [0.15, 0.2) is 18.5 Å². The van der Waals surface area contributed by atoms with Gasteiger partial charge in [-0.1, -0.05) is 34.8 Å². The minimum absolute atomic E-state index is 0.00430. The highest BCUT2D eigenvalue weighted by Gasteiger charge is 2.18. The molecule has 0 unspecified atom stereocenters. The van der Waals surface area contributed by atoms with Crippen LogP contribution in [-0.2, 0) is 4.74 Å². The molecule has 2 N–H and O–H groups in total. The predicted octanol–water partition coefficient (Wildman–Crippen LogP) is 3.20. The van der Waals surface area contributed by atoms with E-state index in [-0.39, 0.29) is 11.5 Å². The molecule has 0 radical (unpaired) electrons. The van der Waals surface area contributed by atoms with Crippen LogP contribution in [0, 0.1) is 0 Å². The largest absolute Gasteiger partial charge is 0.464 e. The summed E-state index contributed by atoms with van der Waals surface area (Å²) in [5.41, 5.74) is 6.31. The Hall–Kier alpha value is -1.43. The van der Waals surface area contributed by atoms with Gasteiger partial charge in [-0.15, -0.1) is 0 Å². The molecule has 0 bridgehead atoms. The number of nitrogens with zero attached hydrogens (tertiary/aromatic N) is 2. The molecule has 19 heavy (non-hydrogen) atoms. The fourth-order valence-corrected chi connectivity index (χ4v) is 2.13. The van der Waals surface area contributed by atoms with E-state index in [4.69, 9.17) is 40.5 Å². The number of carbonyl (C=O) groups excluding carboxylic acids is 1. The topological polar surface area (TPSA) is 70.1 Å². The molecule has 0 fully saturated rings. The summed E-state index contributed by atoms with van der Waals surface area (Å²) in [5.74, 6) is -0.528. The number of hydrogen-bond acceptors (Lipinski definition) is 4. The number of benzene rings is 1. The number of anilines is 1. The van der Waals surface area contributed by atoms with Gasteiger partial charge in [0.05, 0.1) is 27.9 Å². The highest BCUT2D eigenvalue weighted by atomic mass is 35.5. The molecule has 0 amide bonds. The number of methoxy groups -OCH3 is 1. The first-order valence-electron chi connectivity index (χ1n) is 5.01. The Balaban J connectivity index is 2.57. The third kappa shape index (κ3) is 2.49. The van der Waals surface area contributed by atoms with Crippen LogP contribution in [0.25, 0.3) is 5.69 Å². The first-order chi connectivity index (χ1) is 8.95. The van der Waals surface area contributed by atoms with Gasteiger partial charge in [0.2, 0.25) is 0 Å². The number of rotatable bonds is 2. The van der Waals surface area contributed by atoms with Crippen molar-refractivity contribution in [1.82, 2.24) is 9.55 Å². The van der Waals surface area contributed by atoms with Crippen LogP contribution < -0.4 is 5.73 Å². The minimum Gasteiger partial charge on any atom is -0.464 e. The zero-order valence-corrected chi connectivity index (χ0v) is 11.9. The molecule has 0 spiro atoms. The summed E-state index contributed by atoms with van der Waals surface area (Å²) < 4.78 is 5.99. The van der Waals surface area contributed by atoms with Crippen molar-refractivity contribution in [2.24, 2.45) is 0 Å². The molecular weight excluding hydrogens is 312 g/mol.